The number of ether oxygens (including phenoxy) is 1. The predicted octanol–water partition coefficient (Wildman–Crippen LogP) is 4.39. The van der Waals surface area contributed by atoms with E-state index in [-0.39, 0.29) is 5.91 Å². The normalized spacial score (nSPS) is 11.5. The number of carbonyl (C=O) groups excluding carboxylic acids is 1. The Kier molecular flexibility index (Phi) is 8.20. The summed E-state index contributed by atoms with van der Waals surface area (Å²) in [5, 5.41) is 13.0. The number of amides is 1. The third-order valence-electron chi connectivity index (χ3n) is 4.63. The monoisotopic (exact) mass is 476 g/mol. The first-order valence-corrected chi connectivity index (χ1v) is 12.0. The molecule has 32 heavy (non-hydrogen) atoms. The van der Waals surface area contributed by atoms with Crippen LogP contribution in [0.2, 0.25) is 5.02 Å². The molecule has 0 bridgehead atoms. The molecule has 0 aliphatic heterocycles. The maximum absolute atomic E-state index is 12.7. The number of thioether (sulfide) groups is 1. The van der Waals surface area contributed by atoms with Gasteiger partial charge in [0.15, 0.2) is 16.4 Å². The van der Waals surface area contributed by atoms with E-state index in [1.807, 2.05) is 0 Å². The summed E-state index contributed by atoms with van der Waals surface area (Å²) in [6.07, 6.45) is 2.76. The Labute approximate surface area is 197 Å². The number of anilines is 1. The van der Waals surface area contributed by atoms with Crippen LogP contribution in [0.5, 0.6) is 5.75 Å². The topological polar surface area (TPSA) is 94.0 Å². The van der Waals surface area contributed by atoms with Gasteiger partial charge in [0.2, 0.25) is 0 Å². The van der Waals surface area contributed by atoms with Crippen LogP contribution in [-0.4, -0.2) is 50.1 Å². The minimum Gasteiger partial charge on any atom is -0.478 e. The smallest absolute Gasteiger partial charge is 0.263 e. The lowest BCUT2D eigenvalue weighted by Crippen LogP contribution is -2.47. The predicted molar refractivity (Wildman–Crippen MR) is 130 cm³/mol. The van der Waals surface area contributed by atoms with Crippen LogP contribution < -0.4 is 15.4 Å². The lowest BCUT2D eigenvalue weighted by molar-refractivity contribution is -0.134. The van der Waals surface area contributed by atoms with Crippen LogP contribution in [0.3, 0.4) is 0 Å². The van der Waals surface area contributed by atoms with Crippen LogP contribution in [0, 0.1) is 0 Å². The van der Waals surface area contributed by atoms with Crippen LogP contribution in [0.15, 0.2) is 35.6 Å². The molecule has 8 nitrogen and oxygen atoms in total. The second-order valence-corrected chi connectivity index (χ2v) is 9.31. The van der Waals surface area contributed by atoms with E-state index >= 15 is 0 Å². The number of hydrogen-bond donors (Lipinski definition) is 2. The molecule has 3 aromatic rings. The molecule has 0 radical (unpaired) electrons. The molecule has 1 amide bonds. The number of nitrogens with one attached hydrogen (secondary N) is 2. The average molecular weight is 477 g/mol. The molecule has 0 saturated carbocycles. The minimum atomic E-state index is -1.04. The largest absolute Gasteiger partial charge is 0.478 e. The van der Waals surface area contributed by atoms with Crippen molar-refractivity contribution in [2.45, 2.75) is 51.4 Å². The number of aromatic nitrogens is 4. The molecule has 0 spiro atoms. The van der Waals surface area contributed by atoms with Crippen molar-refractivity contribution >= 4 is 46.1 Å². The molecule has 1 aromatic carbocycles. The first-order valence-electron chi connectivity index (χ1n) is 10.7. The molecule has 0 fully saturated rings. The van der Waals surface area contributed by atoms with E-state index in [9.17, 15) is 4.79 Å². The lowest BCUT2D eigenvalue weighted by Gasteiger charge is -2.25. The van der Waals surface area contributed by atoms with Gasteiger partial charge in [-0.1, -0.05) is 37.2 Å². The van der Waals surface area contributed by atoms with Crippen LogP contribution in [0.25, 0.3) is 11.0 Å². The first-order chi connectivity index (χ1) is 15.3. The Morgan fingerprint density at radius 2 is 1.94 bits per heavy atom. The standard InChI is InChI=1S/C22H29ClN6O2S/c1-5-11-24-18-17-14-26-29(19(17)28-21(27-18)32-6-2)13-12-25-20(30)22(3,4)31-16-9-7-15(23)8-10-16/h7-10,14H,5-6,11-13H2,1-4H3,(H,25,30)(H,24,27,28). The first kappa shape index (κ1) is 24.1. The van der Waals surface area contributed by atoms with Crippen molar-refractivity contribution in [2.75, 3.05) is 24.2 Å². The summed E-state index contributed by atoms with van der Waals surface area (Å²) in [5.74, 6) is 2.04. The van der Waals surface area contributed by atoms with Gasteiger partial charge in [-0.25, -0.2) is 14.6 Å². The molecule has 2 N–H and O–H groups in total. The van der Waals surface area contributed by atoms with Crippen molar-refractivity contribution < 1.29 is 9.53 Å². The van der Waals surface area contributed by atoms with E-state index in [0.717, 1.165) is 35.6 Å². The zero-order valence-electron chi connectivity index (χ0n) is 18.8. The summed E-state index contributed by atoms with van der Waals surface area (Å²) in [6.45, 7) is 9.33. The number of benzene rings is 1. The quantitative estimate of drug-likeness (QED) is 0.313. The number of hydrogen-bond acceptors (Lipinski definition) is 7. The van der Waals surface area contributed by atoms with Crippen molar-refractivity contribution in [3.63, 3.8) is 0 Å². The summed E-state index contributed by atoms with van der Waals surface area (Å²) < 4.78 is 7.64. The van der Waals surface area contributed by atoms with Gasteiger partial charge in [-0.15, -0.1) is 0 Å². The molecule has 0 aliphatic rings. The maximum atomic E-state index is 12.7. The molecule has 2 heterocycles. The van der Waals surface area contributed by atoms with Crippen LogP contribution >= 0.6 is 23.4 Å². The second-order valence-electron chi connectivity index (χ2n) is 7.64. The van der Waals surface area contributed by atoms with Gasteiger partial charge in [0.05, 0.1) is 18.1 Å². The second kappa shape index (κ2) is 10.9. The molecular weight excluding hydrogens is 448 g/mol. The third kappa shape index (κ3) is 6.04. The fourth-order valence-electron chi connectivity index (χ4n) is 3.00. The van der Waals surface area contributed by atoms with E-state index in [2.05, 4.69) is 39.5 Å². The van der Waals surface area contributed by atoms with E-state index in [4.69, 9.17) is 16.3 Å². The zero-order chi connectivity index (χ0) is 23.1. The van der Waals surface area contributed by atoms with Crippen molar-refractivity contribution in [3.8, 4) is 5.75 Å². The molecule has 10 heteroatoms. The Morgan fingerprint density at radius 1 is 1.19 bits per heavy atom. The molecule has 0 aliphatic carbocycles. The van der Waals surface area contributed by atoms with Crippen LogP contribution in [0.4, 0.5) is 5.82 Å². The Bertz CT molecular complexity index is 1050. The summed E-state index contributed by atoms with van der Waals surface area (Å²) in [4.78, 5) is 22.0. The zero-order valence-corrected chi connectivity index (χ0v) is 20.4. The van der Waals surface area contributed by atoms with Crippen molar-refractivity contribution in [3.05, 3.63) is 35.5 Å². The number of rotatable bonds is 11. The highest BCUT2D eigenvalue weighted by molar-refractivity contribution is 7.99. The molecule has 2 aromatic heterocycles. The summed E-state index contributed by atoms with van der Waals surface area (Å²) >= 11 is 7.49. The van der Waals surface area contributed by atoms with Gasteiger partial charge >= 0.3 is 0 Å². The fraction of sp³-hybridized carbons (Fsp3) is 0.455. The maximum Gasteiger partial charge on any atom is 0.263 e. The highest BCUT2D eigenvalue weighted by atomic mass is 35.5. The molecular formula is C22H29ClN6O2S. The van der Waals surface area contributed by atoms with Gasteiger partial charge < -0.3 is 15.4 Å². The molecule has 0 unspecified atom stereocenters. The lowest BCUT2D eigenvalue weighted by atomic mass is 10.1. The molecule has 0 saturated heterocycles. The minimum absolute atomic E-state index is 0.217. The van der Waals surface area contributed by atoms with Crippen molar-refractivity contribution in [1.82, 2.24) is 25.1 Å². The van der Waals surface area contributed by atoms with E-state index in [1.54, 1.807) is 60.8 Å². The van der Waals surface area contributed by atoms with Gasteiger partial charge in [0.25, 0.3) is 5.91 Å². The number of fused-ring (bicyclic) bond motifs is 1. The van der Waals surface area contributed by atoms with E-state index < -0.39 is 5.60 Å². The van der Waals surface area contributed by atoms with Gasteiger partial charge in [0.1, 0.15) is 11.6 Å². The number of carbonyl (C=O) groups is 1. The summed E-state index contributed by atoms with van der Waals surface area (Å²) in [7, 11) is 0. The van der Waals surface area contributed by atoms with E-state index in [0.29, 0.717) is 29.0 Å². The van der Waals surface area contributed by atoms with Crippen LogP contribution in [-0.2, 0) is 11.3 Å². The van der Waals surface area contributed by atoms with Crippen molar-refractivity contribution in [1.29, 1.82) is 0 Å². The highest BCUT2D eigenvalue weighted by Crippen LogP contribution is 2.24. The Morgan fingerprint density at radius 3 is 2.62 bits per heavy atom. The number of halogens is 1. The Hall–Kier alpha value is -2.52. The SMILES string of the molecule is CCCNc1nc(SCC)nc2c1cnn2CCNC(=O)C(C)(C)Oc1ccc(Cl)cc1. The molecule has 0 atom stereocenters. The average Bonchev–Trinajstić information content (AvgIpc) is 3.16. The van der Waals surface area contributed by atoms with Gasteiger partial charge in [-0.2, -0.15) is 5.10 Å². The fourth-order valence-corrected chi connectivity index (χ4v) is 3.69. The summed E-state index contributed by atoms with van der Waals surface area (Å²) in [5.41, 5.74) is -0.287. The number of nitrogens with zero attached hydrogens (tertiary/aromatic N) is 4. The van der Waals surface area contributed by atoms with E-state index in [1.165, 1.54) is 0 Å². The third-order valence-corrected chi connectivity index (χ3v) is 5.62. The highest BCUT2D eigenvalue weighted by Gasteiger charge is 2.29. The van der Waals surface area contributed by atoms with Gasteiger partial charge in [-0.3, -0.25) is 4.79 Å². The molecule has 3 rings (SSSR count). The summed E-state index contributed by atoms with van der Waals surface area (Å²) in [6, 6.07) is 6.93. The van der Waals surface area contributed by atoms with Crippen LogP contribution in [0.1, 0.15) is 34.1 Å². The molecule has 172 valence electrons. The van der Waals surface area contributed by atoms with Crippen molar-refractivity contribution in [2.24, 2.45) is 0 Å². The Balaban J connectivity index is 1.66. The van der Waals surface area contributed by atoms with Gasteiger partial charge in [-0.05, 0) is 50.3 Å². The van der Waals surface area contributed by atoms with Gasteiger partial charge in [0, 0.05) is 18.1 Å².